The number of rotatable bonds is 3. The third-order valence-corrected chi connectivity index (χ3v) is 4.03. The molecule has 1 aromatic carbocycles. The molecule has 1 heterocycles. The number of aliphatic carboxylic acids is 1. The molecule has 0 aliphatic rings. The second kappa shape index (κ2) is 5.40. The lowest BCUT2D eigenvalue weighted by atomic mass is 9.99. The van der Waals surface area contributed by atoms with Crippen LogP contribution < -0.4 is 0 Å². The molecule has 106 valence electrons. The Kier molecular flexibility index (Phi) is 3.99. The van der Waals surface area contributed by atoms with Crippen molar-refractivity contribution >= 4 is 21.9 Å². The van der Waals surface area contributed by atoms with Gasteiger partial charge < -0.3 is 5.11 Å². The zero-order valence-electron chi connectivity index (χ0n) is 11.9. The molecule has 0 amide bonds. The van der Waals surface area contributed by atoms with E-state index in [9.17, 15) is 9.90 Å². The van der Waals surface area contributed by atoms with Gasteiger partial charge in [0.05, 0.1) is 17.3 Å². The van der Waals surface area contributed by atoms with Crippen molar-refractivity contribution in [2.24, 2.45) is 0 Å². The molecular weight excluding hydrogens is 320 g/mol. The summed E-state index contributed by atoms with van der Waals surface area (Å²) < 4.78 is 2.84. The van der Waals surface area contributed by atoms with Gasteiger partial charge in [0.25, 0.3) is 0 Å². The number of benzene rings is 1. The first kappa shape index (κ1) is 14.8. The molecule has 0 bridgehead atoms. The smallest absolute Gasteiger partial charge is 0.310 e. The fraction of sp³-hybridized carbons (Fsp3) is 0.333. The molecule has 0 saturated heterocycles. The summed E-state index contributed by atoms with van der Waals surface area (Å²) in [5, 5.41) is 13.7. The third kappa shape index (κ3) is 2.50. The van der Waals surface area contributed by atoms with Crippen LogP contribution in [0.5, 0.6) is 0 Å². The zero-order chi connectivity index (χ0) is 15.0. The van der Waals surface area contributed by atoms with E-state index in [-0.39, 0.29) is 0 Å². The number of nitrogens with zero attached hydrogens (tertiary/aromatic N) is 2. The van der Waals surface area contributed by atoms with E-state index < -0.39 is 11.9 Å². The molecule has 1 unspecified atom stereocenters. The molecule has 5 heteroatoms. The Morgan fingerprint density at radius 3 is 2.55 bits per heavy atom. The fourth-order valence-electron chi connectivity index (χ4n) is 2.50. The molecule has 0 aliphatic carbocycles. The van der Waals surface area contributed by atoms with Crippen molar-refractivity contribution in [1.82, 2.24) is 9.78 Å². The summed E-state index contributed by atoms with van der Waals surface area (Å²) in [7, 11) is 0. The molecular formula is C15H17BrN2O2. The van der Waals surface area contributed by atoms with Crippen molar-refractivity contribution < 1.29 is 9.90 Å². The second-order valence-corrected chi connectivity index (χ2v) is 5.90. The molecule has 0 spiro atoms. The normalized spacial score (nSPS) is 12.4. The Labute approximate surface area is 126 Å². The fourth-order valence-corrected chi connectivity index (χ4v) is 2.97. The summed E-state index contributed by atoms with van der Waals surface area (Å²) in [6.45, 7) is 7.47. The van der Waals surface area contributed by atoms with Gasteiger partial charge in [0.1, 0.15) is 0 Å². The summed E-state index contributed by atoms with van der Waals surface area (Å²) in [6, 6.07) is 5.96. The highest BCUT2D eigenvalue weighted by molar-refractivity contribution is 9.10. The highest BCUT2D eigenvalue weighted by Gasteiger charge is 2.23. The SMILES string of the molecule is Cc1cc(Br)ccc1-n1nc(C)c(C(C)C(=O)O)c1C. The van der Waals surface area contributed by atoms with Crippen molar-refractivity contribution in [3.8, 4) is 5.69 Å². The summed E-state index contributed by atoms with van der Waals surface area (Å²) >= 11 is 3.44. The Morgan fingerprint density at radius 1 is 1.35 bits per heavy atom. The molecule has 2 aromatic rings. The minimum atomic E-state index is -0.830. The molecule has 1 atom stereocenters. The summed E-state index contributed by atoms with van der Waals surface area (Å²) in [5.41, 5.74) is 4.49. The van der Waals surface area contributed by atoms with Crippen molar-refractivity contribution in [2.45, 2.75) is 33.6 Å². The maximum atomic E-state index is 11.2. The van der Waals surface area contributed by atoms with E-state index >= 15 is 0 Å². The van der Waals surface area contributed by atoms with E-state index in [0.29, 0.717) is 0 Å². The van der Waals surface area contributed by atoms with Crippen LogP contribution in [0.4, 0.5) is 0 Å². The lowest BCUT2D eigenvalue weighted by Crippen LogP contribution is -2.10. The third-order valence-electron chi connectivity index (χ3n) is 3.54. The quantitative estimate of drug-likeness (QED) is 0.928. The van der Waals surface area contributed by atoms with Crippen LogP contribution >= 0.6 is 15.9 Å². The Balaban J connectivity index is 2.60. The molecule has 1 aromatic heterocycles. The highest BCUT2D eigenvalue weighted by Crippen LogP contribution is 2.27. The van der Waals surface area contributed by atoms with Gasteiger partial charge in [0.15, 0.2) is 0 Å². The lowest BCUT2D eigenvalue weighted by Gasteiger charge is -2.10. The minimum absolute atomic E-state index is 0.556. The number of aryl methyl sites for hydroxylation is 2. The lowest BCUT2D eigenvalue weighted by molar-refractivity contribution is -0.138. The molecule has 1 N–H and O–H groups in total. The van der Waals surface area contributed by atoms with E-state index in [1.165, 1.54) is 0 Å². The van der Waals surface area contributed by atoms with E-state index in [4.69, 9.17) is 0 Å². The summed E-state index contributed by atoms with van der Waals surface area (Å²) in [4.78, 5) is 11.2. The Bertz CT molecular complexity index is 677. The number of aromatic nitrogens is 2. The first-order valence-electron chi connectivity index (χ1n) is 6.38. The number of hydrogen-bond donors (Lipinski definition) is 1. The number of halogens is 1. The van der Waals surface area contributed by atoms with E-state index in [0.717, 1.165) is 32.7 Å². The predicted octanol–water partition coefficient (Wildman–Crippen LogP) is 3.75. The van der Waals surface area contributed by atoms with Crippen LogP contribution in [0.1, 0.15) is 35.4 Å². The number of hydrogen-bond acceptors (Lipinski definition) is 2. The van der Waals surface area contributed by atoms with Gasteiger partial charge in [-0.1, -0.05) is 15.9 Å². The monoisotopic (exact) mass is 336 g/mol. The van der Waals surface area contributed by atoms with Gasteiger partial charge in [-0.15, -0.1) is 0 Å². The first-order chi connectivity index (χ1) is 9.32. The largest absolute Gasteiger partial charge is 0.481 e. The number of carboxylic acids is 1. The van der Waals surface area contributed by atoms with Crippen molar-refractivity contribution in [2.75, 3.05) is 0 Å². The Morgan fingerprint density at radius 2 is 2.00 bits per heavy atom. The standard InChI is InChI=1S/C15H17BrN2O2/c1-8-7-12(16)5-6-13(8)18-11(4)14(10(3)17-18)9(2)15(19)20/h5-7,9H,1-4H3,(H,19,20). The summed E-state index contributed by atoms with van der Waals surface area (Å²) in [5.74, 6) is -1.39. The molecule has 2 rings (SSSR count). The van der Waals surface area contributed by atoms with Gasteiger partial charge in [0, 0.05) is 15.7 Å². The topological polar surface area (TPSA) is 55.1 Å². The van der Waals surface area contributed by atoms with Gasteiger partial charge in [-0.2, -0.15) is 5.10 Å². The van der Waals surface area contributed by atoms with Crippen molar-refractivity contribution in [3.05, 3.63) is 45.2 Å². The van der Waals surface area contributed by atoms with Gasteiger partial charge in [-0.25, -0.2) is 4.68 Å². The van der Waals surface area contributed by atoms with Gasteiger partial charge in [-0.05, 0) is 51.5 Å². The van der Waals surface area contributed by atoms with Crippen LogP contribution in [0.25, 0.3) is 5.69 Å². The maximum Gasteiger partial charge on any atom is 0.310 e. The average molecular weight is 337 g/mol. The average Bonchev–Trinajstić information content (AvgIpc) is 2.64. The van der Waals surface area contributed by atoms with E-state index in [1.54, 1.807) is 6.92 Å². The van der Waals surface area contributed by atoms with Crippen LogP contribution in [0.2, 0.25) is 0 Å². The van der Waals surface area contributed by atoms with Crippen LogP contribution in [-0.2, 0) is 4.79 Å². The predicted molar refractivity (Wildman–Crippen MR) is 81.5 cm³/mol. The number of carbonyl (C=O) groups is 1. The maximum absolute atomic E-state index is 11.2. The number of carboxylic acid groups (broad SMARTS) is 1. The molecule has 0 fully saturated rings. The molecule has 20 heavy (non-hydrogen) atoms. The molecule has 0 aliphatic heterocycles. The first-order valence-corrected chi connectivity index (χ1v) is 7.17. The molecule has 0 saturated carbocycles. The second-order valence-electron chi connectivity index (χ2n) is 4.99. The van der Waals surface area contributed by atoms with Crippen LogP contribution in [0, 0.1) is 20.8 Å². The minimum Gasteiger partial charge on any atom is -0.481 e. The van der Waals surface area contributed by atoms with E-state index in [1.807, 2.05) is 43.7 Å². The Hall–Kier alpha value is -1.62. The molecule has 0 radical (unpaired) electrons. The van der Waals surface area contributed by atoms with Gasteiger partial charge in [-0.3, -0.25) is 4.79 Å². The van der Waals surface area contributed by atoms with Gasteiger partial charge in [0.2, 0.25) is 0 Å². The van der Waals surface area contributed by atoms with E-state index in [2.05, 4.69) is 21.0 Å². The molecule has 4 nitrogen and oxygen atoms in total. The van der Waals surface area contributed by atoms with Gasteiger partial charge >= 0.3 is 5.97 Å². The highest BCUT2D eigenvalue weighted by atomic mass is 79.9. The van der Waals surface area contributed by atoms with Crippen LogP contribution in [0.3, 0.4) is 0 Å². The van der Waals surface area contributed by atoms with Crippen LogP contribution in [-0.4, -0.2) is 20.9 Å². The summed E-state index contributed by atoms with van der Waals surface area (Å²) in [6.07, 6.45) is 0. The van der Waals surface area contributed by atoms with Crippen molar-refractivity contribution in [3.63, 3.8) is 0 Å². The van der Waals surface area contributed by atoms with Crippen molar-refractivity contribution in [1.29, 1.82) is 0 Å². The zero-order valence-corrected chi connectivity index (χ0v) is 13.5. The van der Waals surface area contributed by atoms with Crippen LogP contribution in [0.15, 0.2) is 22.7 Å².